The highest BCUT2D eigenvalue weighted by Gasteiger charge is 2.40. The molecule has 3 atom stereocenters. The Morgan fingerprint density at radius 1 is 1.06 bits per heavy atom. The lowest BCUT2D eigenvalue weighted by atomic mass is 9.94. The van der Waals surface area contributed by atoms with Gasteiger partial charge in [-0.3, -0.25) is 14.4 Å². The minimum absolute atomic E-state index is 0.00502. The Kier molecular flexibility index (Phi) is 6.48. The Morgan fingerprint density at radius 3 is 2.56 bits per heavy atom. The molecule has 3 fully saturated rings. The van der Waals surface area contributed by atoms with Gasteiger partial charge in [0.1, 0.15) is 18.5 Å². The van der Waals surface area contributed by atoms with Gasteiger partial charge in [-0.1, -0.05) is 0 Å². The molecule has 0 bridgehead atoms. The first-order valence-corrected chi connectivity index (χ1v) is 12.4. The average Bonchev–Trinajstić information content (AvgIpc) is 3.68. The fourth-order valence-corrected chi connectivity index (χ4v) is 5.07. The second-order valence-electron chi connectivity index (χ2n) is 10.0. The van der Waals surface area contributed by atoms with Crippen molar-refractivity contribution in [3.05, 3.63) is 23.8 Å². The van der Waals surface area contributed by atoms with Crippen molar-refractivity contribution in [2.45, 2.75) is 50.4 Å². The summed E-state index contributed by atoms with van der Waals surface area (Å²) in [6.07, 6.45) is 3.23. The minimum Gasteiger partial charge on any atom is -0.490 e. The molecule has 2 saturated heterocycles. The first-order valence-electron chi connectivity index (χ1n) is 12.4. The number of hydrogen-bond donors (Lipinski definition) is 1. The minimum atomic E-state index is -0.296. The summed E-state index contributed by atoms with van der Waals surface area (Å²) in [7, 11) is 3.87. The van der Waals surface area contributed by atoms with E-state index < -0.39 is 0 Å². The number of amides is 3. The molecule has 0 unspecified atom stereocenters. The smallest absolute Gasteiger partial charge is 0.257 e. The molecule has 0 spiro atoms. The van der Waals surface area contributed by atoms with Crippen molar-refractivity contribution < 1.29 is 23.9 Å². The third-order valence-corrected chi connectivity index (χ3v) is 7.49. The maximum atomic E-state index is 13.3. The summed E-state index contributed by atoms with van der Waals surface area (Å²) in [5.41, 5.74) is 1.06. The predicted molar refractivity (Wildman–Crippen MR) is 126 cm³/mol. The normalized spacial score (nSPS) is 27.7. The molecule has 0 aromatic heterocycles. The predicted octanol–water partition coefficient (Wildman–Crippen LogP) is 1.58. The van der Waals surface area contributed by atoms with Crippen LogP contribution in [0, 0.1) is 5.92 Å². The molecule has 3 amide bonds. The van der Waals surface area contributed by atoms with Gasteiger partial charge in [0.25, 0.3) is 5.91 Å². The second kappa shape index (κ2) is 9.54. The van der Waals surface area contributed by atoms with Crippen LogP contribution in [0.2, 0.25) is 0 Å². The Hall–Kier alpha value is -2.65. The molecule has 4 aliphatic rings. The van der Waals surface area contributed by atoms with Crippen LogP contribution in [0.4, 0.5) is 5.69 Å². The second-order valence-corrected chi connectivity index (χ2v) is 10.0. The highest BCUT2D eigenvalue weighted by molar-refractivity contribution is 6.00. The first-order chi connectivity index (χ1) is 16.4. The van der Waals surface area contributed by atoms with Crippen molar-refractivity contribution in [1.29, 1.82) is 0 Å². The fourth-order valence-electron chi connectivity index (χ4n) is 5.07. The van der Waals surface area contributed by atoms with E-state index in [0.717, 1.165) is 51.9 Å². The molecule has 0 radical (unpaired) electrons. The van der Waals surface area contributed by atoms with E-state index in [9.17, 15) is 14.4 Å². The number of ether oxygens (including phenoxy) is 2. The number of hydrogen-bond acceptors (Lipinski definition) is 6. The van der Waals surface area contributed by atoms with E-state index in [0.29, 0.717) is 30.0 Å². The van der Waals surface area contributed by atoms with Gasteiger partial charge in [0.15, 0.2) is 0 Å². The molecule has 184 valence electrons. The lowest BCUT2D eigenvalue weighted by Gasteiger charge is -2.42. The molecule has 1 N–H and O–H groups in total. The van der Waals surface area contributed by atoms with E-state index >= 15 is 0 Å². The van der Waals surface area contributed by atoms with Crippen molar-refractivity contribution in [3.8, 4) is 5.75 Å². The van der Waals surface area contributed by atoms with Gasteiger partial charge in [0.05, 0.1) is 24.1 Å². The summed E-state index contributed by atoms with van der Waals surface area (Å²) in [6, 6.07) is 5.09. The molecule has 9 nitrogen and oxygen atoms in total. The van der Waals surface area contributed by atoms with Gasteiger partial charge < -0.3 is 29.5 Å². The van der Waals surface area contributed by atoms with E-state index in [-0.39, 0.29) is 41.9 Å². The van der Waals surface area contributed by atoms with Crippen molar-refractivity contribution in [1.82, 2.24) is 14.7 Å². The molecule has 3 aliphatic heterocycles. The number of benzene rings is 1. The average molecular weight is 471 g/mol. The Morgan fingerprint density at radius 2 is 1.82 bits per heavy atom. The Bertz CT molecular complexity index is 957. The summed E-state index contributed by atoms with van der Waals surface area (Å²) in [4.78, 5) is 44.2. The summed E-state index contributed by atoms with van der Waals surface area (Å²) >= 11 is 0. The van der Waals surface area contributed by atoms with Gasteiger partial charge in [0, 0.05) is 44.8 Å². The molecule has 5 rings (SSSR count). The molecule has 9 heteroatoms. The highest BCUT2D eigenvalue weighted by atomic mass is 16.5. The molecule has 1 aromatic carbocycles. The van der Waals surface area contributed by atoms with Crippen molar-refractivity contribution in [2.24, 2.45) is 5.92 Å². The number of anilines is 1. The zero-order valence-corrected chi connectivity index (χ0v) is 20.0. The molecule has 1 aromatic rings. The highest BCUT2D eigenvalue weighted by Crippen LogP contribution is 2.34. The van der Waals surface area contributed by atoms with Gasteiger partial charge in [-0.25, -0.2) is 0 Å². The van der Waals surface area contributed by atoms with Gasteiger partial charge in [0.2, 0.25) is 11.8 Å². The standard InChI is InChI=1S/C25H34N4O5/c1-27-9-11-29(12-10-27)23(30)14-18-6-7-20-22(34-18)15-33-21-8-5-17(26-24(31)16-3-4-16)13-19(21)25(32)28(20)2/h5,8,13,16,18,20,22H,3-4,6-7,9-12,14-15H2,1-2H3,(H,26,31)/t18-,20-,22-/m0/s1. The molecule has 34 heavy (non-hydrogen) atoms. The summed E-state index contributed by atoms with van der Waals surface area (Å²) in [5.74, 6) is 0.568. The zero-order chi connectivity index (χ0) is 23.8. The largest absolute Gasteiger partial charge is 0.490 e. The number of rotatable bonds is 4. The molecular formula is C25H34N4O5. The van der Waals surface area contributed by atoms with Crippen LogP contribution in [-0.4, -0.2) is 97.6 Å². The van der Waals surface area contributed by atoms with Crippen molar-refractivity contribution >= 4 is 23.4 Å². The number of likely N-dealkylation sites (N-methyl/N-ethyl adjacent to an activating group) is 2. The first kappa shape index (κ1) is 23.1. The third-order valence-electron chi connectivity index (χ3n) is 7.49. The zero-order valence-electron chi connectivity index (χ0n) is 20.0. The molecule has 3 heterocycles. The van der Waals surface area contributed by atoms with Crippen LogP contribution in [0.25, 0.3) is 0 Å². The van der Waals surface area contributed by atoms with Gasteiger partial charge in [-0.2, -0.15) is 0 Å². The van der Waals surface area contributed by atoms with Gasteiger partial charge in [-0.15, -0.1) is 0 Å². The fraction of sp³-hybridized carbons (Fsp3) is 0.640. The van der Waals surface area contributed by atoms with E-state index in [1.54, 1.807) is 30.1 Å². The van der Waals surface area contributed by atoms with Crippen LogP contribution < -0.4 is 10.1 Å². The lowest BCUT2D eigenvalue weighted by molar-refractivity contribution is -0.144. The van der Waals surface area contributed by atoms with E-state index in [1.807, 2.05) is 4.90 Å². The maximum absolute atomic E-state index is 13.3. The van der Waals surface area contributed by atoms with E-state index in [1.165, 1.54) is 0 Å². The summed E-state index contributed by atoms with van der Waals surface area (Å²) < 4.78 is 12.3. The van der Waals surface area contributed by atoms with Gasteiger partial charge in [-0.05, 0) is 50.9 Å². The summed E-state index contributed by atoms with van der Waals surface area (Å²) in [5, 5.41) is 2.91. The van der Waals surface area contributed by atoms with Crippen LogP contribution in [0.15, 0.2) is 18.2 Å². The van der Waals surface area contributed by atoms with Crippen LogP contribution in [-0.2, 0) is 14.3 Å². The summed E-state index contributed by atoms with van der Waals surface area (Å²) in [6.45, 7) is 3.62. The number of nitrogens with zero attached hydrogens (tertiary/aromatic N) is 3. The van der Waals surface area contributed by atoms with Crippen molar-refractivity contribution in [3.63, 3.8) is 0 Å². The Balaban J connectivity index is 1.24. The lowest BCUT2D eigenvalue weighted by Crippen LogP contribution is -2.54. The number of piperazine rings is 1. The number of fused-ring (bicyclic) bond motifs is 2. The molecular weight excluding hydrogens is 436 g/mol. The quantitative estimate of drug-likeness (QED) is 0.719. The van der Waals surface area contributed by atoms with Gasteiger partial charge >= 0.3 is 0 Å². The number of nitrogens with one attached hydrogen (secondary N) is 1. The number of carbonyl (C=O) groups is 3. The number of carbonyl (C=O) groups excluding carboxylic acids is 3. The third kappa shape index (κ3) is 4.90. The Labute approximate surface area is 200 Å². The molecule has 1 saturated carbocycles. The van der Waals surface area contributed by atoms with Crippen LogP contribution in [0.5, 0.6) is 5.75 Å². The molecule has 1 aliphatic carbocycles. The van der Waals surface area contributed by atoms with Crippen LogP contribution >= 0.6 is 0 Å². The van der Waals surface area contributed by atoms with Crippen LogP contribution in [0.1, 0.15) is 42.5 Å². The van der Waals surface area contributed by atoms with E-state index in [4.69, 9.17) is 9.47 Å². The van der Waals surface area contributed by atoms with Crippen molar-refractivity contribution in [2.75, 3.05) is 52.2 Å². The maximum Gasteiger partial charge on any atom is 0.257 e. The SMILES string of the molecule is CN1CCN(C(=O)C[C@@H]2CC[C@H]3[C@H](COc4ccc(NC(=O)C5CC5)cc4C(=O)N3C)O2)CC1. The van der Waals surface area contributed by atoms with Crippen LogP contribution in [0.3, 0.4) is 0 Å². The topological polar surface area (TPSA) is 91.4 Å². The monoisotopic (exact) mass is 470 g/mol. The van der Waals surface area contributed by atoms with E-state index in [2.05, 4.69) is 17.3 Å².